The maximum atomic E-state index is 13.6. The van der Waals surface area contributed by atoms with Gasteiger partial charge in [-0.15, -0.1) is 0 Å². The molecule has 0 aliphatic carbocycles. The van der Waals surface area contributed by atoms with Crippen LogP contribution in [0.1, 0.15) is 22.0 Å². The number of methoxy groups -OCH3 is 1. The summed E-state index contributed by atoms with van der Waals surface area (Å²) in [5, 5.41) is 3.98. The molecule has 5 nitrogen and oxygen atoms in total. The molecule has 0 bridgehead atoms. The van der Waals surface area contributed by atoms with Crippen molar-refractivity contribution >= 4 is 22.4 Å². The lowest BCUT2D eigenvalue weighted by Crippen LogP contribution is -2.21. The summed E-state index contributed by atoms with van der Waals surface area (Å²) in [6.45, 7) is -3.00. The summed E-state index contributed by atoms with van der Waals surface area (Å²) in [5.41, 5.74) is 2.58. The first-order chi connectivity index (χ1) is 15.1. The van der Waals surface area contributed by atoms with E-state index >= 15 is 0 Å². The Morgan fingerprint density at radius 2 is 1.71 bits per heavy atom. The van der Waals surface area contributed by atoms with Crippen molar-refractivity contribution in [3.63, 3.8) is 0 Å². The zero-order valence-corrected chi connectivity index (χ0v) is 16.6. The molecule has 0 saturated carbocycles. The number of alkyl halides is 2. The van der Waals surface area contributed by atoms with Gasteiger partial charge in [0.1, 0.15) is 6.04 Å². The van der Waals surface area contributed by atoms with Gasteiger partial charge in [0.25, 0.3) is 0 Å². The highest BCUT2D eigenvalue weighted by Crippen LogP contribution is 2.34. The van der Waals surface area contributed by atoms with Crippen molar-refractivity contribution in [2.75, 3.05) is 12.4 Å². The molecule has 0 spiro atoms. The molecule has 7 heteroatoms. The van der Waals surface area contributed by atoms with E-state index in [0.29, 0.717) is 11.3 Å². The lowest BCUT2D eigenvalue weighted by atomic mass is 9.96. The highest BCUT2D eigenvalue weighted by atomic mass is 19.3. The summed E-state index contributed by atoms with van der Waals surface area (Å²) in [7, 11) is 1.37. The minimum atomic E-state index is -3.00. The van der Waals surface area contributed by atoms with Gasteiger partial charge in [-0.25, -0.2) is 0 Å². The minimum absolute atomic E-state index is 0.117. The van der Waals surface area contributed by atoms with Crippen LogP contribution in [0.5, 0.6) is 11.5 Å². The summed E-state index contributed by atoms with van der Waals surface area (Å²) >= 11 is 0. The maximum absolute atomic E-state index is 13.6. The third-order valence-corrected chi connectivity index (χ3v) is 4.94. The Bertz CT molecular complexity index is 1190. The van der Waals surface area contributed by atoms with Crippen LogP contribution in [0, 0.1) is 0 Å². The Hall–Kier alpha value is -3.87. The van der Waals surface area contributed by atoms with Gasteiger partial charge in [0.05, 0.1) is 7.11 Å². The molecule has 0 aliphatic rings. The molecule has 0 amide bonds. The van der Waals surface area contributed by atoms with Gasteiger partial charge >= 0.3 is 6.61 Å². The van der Waals surface area contributed by atoms with Gasteiger partial charge in [0.15, 0.2) is 17.3 Å². The number of nitrogens with one attached hydrogen (secondary N) is 2. The molecule has 0 saturated heterocycles. The molecule has 1 aromatic heterocycles. The molecule has 4 rings (SSSR count). The van der Waals surface area contributed by atoms with Crippen molar-refractivity contribution in [2.45, 2.75) is 12.7 Å². The number of para-hydroxylation sites is 1. The molecule has 1 atom stereocenters. The van der Waals surface area contributed by atoms with Crippen LogP contribution in [0.2, 0.25) is 0 Å². The van der Waals surface area contributed by atoms with E-state index in [0.717, 1.165) is 16.5 Å². The number of Topliss-reactive ketones (excluding diaryl/α,β-unsaturated/α-hetero) is 1. The highest BCUT2D eigenvalue weighted by molar-refractivity contribution is 6.11. The number of ketones is 1. The van der Waals surface area contributed by atoms with Crippen LogP contribution in [0.3, 0.4) is 0 Å². The average molecular weight is 422 g/mol. The van der Waals surface area contributed by atoms with Gasteiger partial charge in [-0.05, 0) is 23.8 Å². The van der Waals surface area contributed by atoms with Crippen molar-refractivity contribution in [1.29, 1.82) is 0 Å². The number of hydrogen-bond donors (Lipinski definition) is 2. The summed E-state index contributed by atoms with van der Waals surface area (Å²) in [4.78, 5) is 16.7. The summed E-state index contributed by atoms with van der Waals surface area (Å²) in [5.74, 6) is -0.102. The number of aromatic amines is 1. The van der Waals surface area contributed by atoms with E-state index in [1.807, 2.05) is 54.6 Å². The van der Waals surface area contributed by atoms with Crippen molar-refractivity contribution < 1.29 is 23.0 Å². The monoisotopic (exact) mass is 422 g/mol. The Labute approximate surface area is 177 Å². The van der Waals surface area contributed by atoms with Crippen molar-refractivity contribution in [1.82, 2.24) is 4.98 Å². The first-order valence-electron chi connectivity index (χ1n) is 9.61. The minimum Gasteiger partial charge on any atom is -0.493 e. The number of benzene rings is 3. The summed E-state index contributed by atoms with van der Waals surface area (Å²) < 4.78 is 35.3. The molecule has 1 unspecified atom stereocenters. The van der Waals surface area contributed by atoms with E-state index in [2.05, 4.69) is 15.0 Å². The second-order valence-electron chi connectivity index (χ2n) is 6.84. The predicted octanol–water partition coefficient (Wildman–Crippen LogP) is 5.81. The summed E-state index contributed by atoms with van der Waals surface area (Å²) in [6, 6.07) is 20.6. The largest absolute Gasteiger partial charge is 0.493 e. The van der Waals surface area contributed by atoms with Gasteiger partial charge in [-0.2, -0.15) is 8.78 Å². The molecule has 3 aromatic carbocycles. The van der Waals surface area contributed by atoms with Crippen LogP contribution < -0.4 is 14.8 Å². The molecule has 1 heterocycles. The third-order valence-electron chi connectivity index (χ3n) is 4.94. The van der Waals surface area contributed by atoms with Crippen LogP contribution in [0.25, 0.3) is 10.9 Å². The summed E-state index contributed by atoms with van der Waals surface area (Å²) in [6.07, 6.45) is 1.68. The molecular weight excluding hydrogens is 402 g/mol. The quantitative estimate of drug-likeness (QED) is 0.352. The van der Waals surface area contributed by atoms with Crippen molar-refractivity contribution in [2.24, 2.45) is 0 Å². The zero-order chi connectivity index (χ0) is 21.8. The zero-order valence-electron chi connectivity index (χ0n) is 16.6. The van der Waals surface area contributed by atoms with Gasteiger partial charge < -0.3 is 19.8 Å². The van der Waals surface area contributed by atoms with Crippen molar-refractivity contribution in [3.05, 3.63) is 90.1 Å². The predicted molar refractivity (Wildman–Crippen MR) is 115 cm³/mol. The number of aromatic nitrogens is 1. The number of carbonyl (C=O) groups excluding carboxylic acids is 1. The van der Waals surface area contributed by atoms with Crippen LogP contribution in [-0.2, 0) is 0 Å². The average Bonchev–Trinajstić information content (AvgIpc) is 3.21. The topological polar surface area (TPSA) is 63.3 Å². The third kappa shape index (κ3) is 4.35. The smallest absolute Gasteiger partial charge is 0.387 e. The van der Waals surface area contributed by atoms with E-state index in [4.69, 9.17) is 4.74 Å². The molecule has 2 N–H and O–H groups in total. The highest BCUT2D eigenvalue weighted by Gasteiger charge is 2.25. The first-order valence-corrected chi connectivity index (χ1v) is 9.61. The lowest BCUT2D eigenvalue weighted by Gasteiger charge is -2.20. The Morgan fingerprint density at radius 3 is 2.45 bits per heavy atom. The Kier molecular flexibility index (Phi) is 5.84. The molecule has 158 valence electrons. The SMILES string of the molecule is COc1ccc(NC(C(=O)c2c[nH]c3ccccc23)c2ccccc2)cc1OC(F)F. The standard InChI is InChI=1S/C24H20F2N2O3/c1-30-20-12-11-16(13-21(20)31-24(25)26)28-22(15-7-3-2-4-8-15)23(29)18-14-27-19-10-6-5-9-17(18)19/h2-14,22,24,27-28H,1H3. The molecule has 0 fully saturated rings. The molecule has 31 heavy (non-hydrogen) atoms. The second kappa shape index (κ2) is 8.87. The van der Waals surface area contributed by atoms with Crippen molar-refractivity contribution in [3.8, 4) is 11.5 Å². The maximum Gasteiger partial charge on any atom is 0.387 e. The van der Waals surface area contributed by atoms with E-state index in [-0.39, 0.29) is 17.3 Å². The van der Waals surface area contributed by atoms with Crippen LogP contribution in [0.15, 0.2) is 79.0 Å². The fourth-order valence-electron chi connectivity index (χ4n) is 3.50. The normalized spacial score (nSPS) is 12.0. The van der Waals surface area contributed by atoms with E-state index in [1.54, 1.807) is 12.3 Å². The van der Waals surface area contributed by atoms with Crippen LogP contribution in [-0.4, -0.2) is 24.5 Å². The number of hydrogen-bond acceptors (Lipinski definition) is 4. The van der Waals surface area contributed by atoms with Crippen LogP contribution in [0.4, 0.5) is 14.5 Å². The first kappa shape index (κ1) is 20.4. The fraction of sp³-hybridized carbons (Fsp3) is 0.125. The van der Waals surface area contributed by atoms with E-state index < -0.39 is 12.7 Å². The lowest BCUT2D eigenvalue weighted by molar-refractivity contribution is -0.0511. The Balaban J connectivity index is 1.72. The molecule has 0 aliphatic heterocycles. The van der Waals surface area contributed by atoms with E-state index in [1.165, 1.54) is 19.2 Å². The molecule has 4 aromatic rings. The number of halogens is 2. The van der Waals surface area contributed by atoms with Gasteiger partial charge in [-0.3, -0.25) is 4.79 Å². The van der Waals surface area contributed by atoms with Gasteiger partial charge in [0, 0.05) is 34.4 Å². The number of rotatable bonds is 8. The molecular formula is C24H20F2N2O3. The van der Waals surface area contributed by atoms with Gasteiger partial charge in [0.2, 0.25) is 0 Å². The second-order valence-corrected chi connectivity index (χ2v) is 6.84. The van der Waals surface area contributed by atoms with Crippen LogP contribution >= 0.6 is 0 Å². The van der Waals surface area contributed by atoms with E-state index in [9.17, 15) is 13.6 Å². The number of H-pyrrole nitrogens is 1. The number of anilines is 1. The van der Waals surface area contributed by atoms with Gasteiger partial charge in [-0.1, -0.05) is 48.5 Å². The molecule has 0 radical (unpaired) electrons. The fourth-order valence-corrected chi connectivity index (χ4v) is 3.50. The number of ether oxygens (including phenoxy) is 2. The Morgan fingerprint density at radius 1 is 0.968 bits per heavy atom. The number of carbonyl (C=O) groups is 1. The number of fused-ring (bicyclic) bond motifs is 1.